The molecule has 0 aliphatic carbocycles. The molecule has 2 aromatic rings. The summed E-state index contributed by atoms with van der Waals surface area (Å²) in [5.74, 6) is -0.107. The second-order valence-corrected chi connectivity index (χ2v) is 9.20. The van der Waals surface area contributed by atoms with Crippen molar-refractivity contribution in [3.8, 4) is 5.75 Å². The molecular formula is C21H24ClN3O5S. The average Bonchev–Trinajstić information content (AvgIpc) is 2.78. The molecule has 8 nitrogen and oxygen atoms in total. The van der Waals surface area contributed by atoms with Gasteiger partial charge in [0.2, 0.25) is 15.9 Å². The van der Waals surface area contributed by atoms with E-state index in [2.05, 4.69) is 5.32 Å². The topological polar surface area (TPSA) is 96.0 Å². The summed E-state index contributed by atoms with van der Waals surface area (Å²) in [5.41, 5.74) is 0.295. The smallest absolute Gasteiger partial charge is 0.253 e. The number of piperazine rings is 1. The van der Waals surface area contributed by atoms with Crippen molar-refractivity contribution in [1.82, 2.24) is 14.5 Å². The summed E-state index contributed by atoms with van der Waals surface area (Å²) in [7, 11) is -3.65. The van der Waals surface area contributed by atoms with Crippen LogP contribution in [0.3, 0.4) is 0 Å². The van der Waals surface area contributed by atoms with Crippen molar-refractivity contribution in [3.63, 3.8) is 0 Å². The first-order chi connectivity index (χ1) is 14.8. The molecule has 166 valence electrons. The van der Waals surface area contributed by atoms with E-state index in [9.17, 15) is 18.0 Å². The van der Waals surface area contributed by atoms with Gasteiger partial charge in [-0.1, -0.05) is 23.7 Å². The van der Waals surface area contributed by atoms with Crippen molar-refractivity contribution >= 4 is 33.4 Å². The van der Waals surface area contributed by atoms with Crippen LogP contribution in [0, 0.1) is 0 Å². The molecule has 0 unspecified atom stereocenters. The molecule has 1 N–H and O–H groups in total. The molecule has 0 aromatic heterocycles. The Morgan fingerprint density at radius 1 is 1.03 bits per heavy atom. The second-order valence-electron chi connectivity index (χ2n) is 6.85. The second kappa shape index (κ2) is 10.1. The average molecular weight is 466 g/mol. The van der Waals surface area contributed by atoms with Crippen LogP contribution in [-0.2, 0) is 14.8 Å². The fraction of sp³-hybridized carbons (Fsp3) is 0.333. The normalized spacial score (nSPS) is 14.8. The van der Waals surface area contributed by atoms with E-state index in [1.54, 1.807) is 36.4 Å². The Kier molecular flexibility index (Phi) is 7.53. The predicted molar refractivity (Wildman–Crippen MR) is 117 cm³/mol. The summed E-state index contributed by atoms with van der Waals surface area (Å²) < 4.78 is 32.4. The number of carbonyl (C=O) groups is 2. The van der Waals surface area contributed by atoms with Gasteiger partial charge in [0.25, 0.3) is 5.91 Å². The molecule has 0 spiro atoms. The van der Waals surface area contributed by atoms with Gasteiger partial charge in [0, 0.05) is 26.2 Å². The number of sulfonamides is 1. The molecule has 10 heteroatoms. The molecule has 2 amide bonds. The van der Waals surface area contributed by atoms with Crippen LogP contribution in [-0.4, -0.2) is 68.8 Å². The zero-order chi connectivity index (χ0) is 22.4. The first kappa shape index (κ1) is 23.1. The van der Waals surface area contributed by atoms with Crippen molar-refractivity contribution in [1.29, 1.82) is 0 Å². The number of benzene rings is 2. The Balaban J connectivity index is 1.53. The van der Waals surface area contributed by atoms with E-state index < -0.39 is 15.9 Å². The summed E-state index contributed by atoms with van der Waals surface area (Å²) in [6.07, 6.45) is 0. The van der Waals surface area contributed by atoms with Gasteiger partial charge in [0.15, 0.2) is 0 Å². The number of nitrogens with one attached hydrogen (secondary N) is 1. The molecule has 3 rings (SSSR count). The zero-order valence-electron chi connectivity index (χ0n) is 17.1. The van der Waals surface area contributed by atoms with Gasteiger partial charge in [-0.3, -0.25) is 9.59 Å². The molecule has 0 bridgehead atoms. The van der Waals surface area contributed by atoms with Crippen LogP contribution in [0.4, 0.5) is 0 Å². The number of halogens is 1. The van der Waals surface area contributed by atoms with Crippen LogP contribution in [0.15, 0.2) is 53.4 Å². The number of nitrogens with zero attached hydrogens (tertiary/aromatic N) is 2. The van der Waals surface area contributed by atoms with E-state index in [-0.39, 0.29) is 43.5 Å². The highest BCUT2D eigenvalue weighted by atomic mass is 35.5. The van der Waals surface area contributed by atoms with Gasteiger partial charge in [-0.25, -0.2) is 8.42 Å². The number of hydrogen-bond acceptors (Lipinski definition) is 5. The maximum Gasteiger partial charge on any atom is 0.253 e. The van der Waals surface area contributed by atoms with Gasteiger partial charge < -0.3 is 15.0 Å². The van der Waals surface area contributed by atoms with Gasteiger partial charge >= 0.3 is 0 Å². The molecular weight excluding hydrogens is 442 g/mol. The van der Waals surface area contributed by atoms with E-state index in [1.165, 1.54) is 21.3 Å². The van der Waals surface area contributed by atoms with Crippen molar-refractivity contribution < 1.29 is 22.7 Å². The van der Waals surface area contributed by atoms with Gasteiger partial charge in [-0.05, 0) is 43.3 Å². The third-order valence-electron chi connectivity index (χ3n) is 4.88. The predicted octanol–water partition coefficient (Wildman–Crippen LogP) is 2.00. The van der Waals surface area contributed by atoms with Crippen molar-refractivity contribution in [3.05, 3.63) is 59.1 Å². The number of amides is 2. The van der Waals surface area contributed by atoms with Crippen LogP contribution < -0.4 is 10.1 Å². The highest BCUT2D eigenvalue weighted by molar-refractivity contribution is 7.89. The standard InChI is InChI=1S/C21H24ClN3O5S/c1-2-30-16-7-9-17(10-8-16)31(28,29)25-13-11-24(12-14-25)20(26)15-23-21(27)18-5-3-4-6-19(18)22/h3-10H,2,11-15H2,1H3,(H,23,27). The Bertz CT molecular complexity index is 1040. The maximum absolute atomic E-state index is 12.8. The summed E-state index contributed by atoms with van der Waals surface area (Å²) in [4.78, 5) is 26.4. The summed E-state index contributed by atoms with van der Waals surface area (Å²) in [6, 6.07) is 12.9. The Labute approximate surface area is 186 Å². The fourth-order valence-corrected chi connectivity index (χ4v) is 4.85. The minimum absolute atomic E-state index is 0.180. The van der Waals surface area contributed by atoms with E-state index in [4.69, 9.17) is 16.3 Å². The Morgan fingerprint density at radius 3 is 2.29 bits per heavy atom. The van der Waals surface area contributed by atoms with Crippen LogP contribution in [0.2, 0.25) is 5.02 Å². The van der Waals surface area contributed by atoms with Crippen LogP contribution >= 0.6 is 11.6 Å². The third kappa shape index (κ3) is 5.55. The molecule has 1 aliphatic heterocycles. The molecule has 1 heterocycles. The number of rotatable bonds is 7. The number of ether oxygens (including phenoxy) is 1. The van der Waals surface area contributed by atoms with Crippen molar-refractivity contribution in [2.24, 2.45) is 0 Å². The molecule has 2 aromatic carbocycles. The lowest BCUT2D eigenvalue weighted by atomic mass is 10.2. The minimum atomic E-state index is -3.65. The van der Waals surface area contributed by atoms with Crippen molar-refractivity contribution in [2.45, 2.75) is 11.8 Å². The molecule has 1 saturated heterocycles. The van der Waals surface area contributed by atoms with Gasteiger partial charge in [0.05, 0.1) is 28.6 Å². The maximum atomic E-state index is 12.8. The lowest BCUT2D eigenvalue weighted by molar-refractivity contribution is -0.131. The first-order valence-electron chi connectivity index (χ1n) is 9.86. The highest BCUT2D eigenvalue weighted by Gasteiger charge is 2.30. The summed E-state index contributed by atoms with van der Waals surface area (Å²) in [5, 5.41) is 2.87. The van der Waals surface area contributed by atoms with Gasteiger partial charge in [-0.2, -0.15) is 4.31 Å². The molecule has 31 heavy (non-hydrogen) atoms. The van der Waals surface area contributed by atoms with Crippen LogP contribution in [0.5, 0.6) is 5.75 Å². The minimum Gasteiger partial charge on any atom is -0.494 e. The van der Waals surface area contributed by atoms with E-state index in [1.807, 2.05) is 6.92 Å². The molecule has 0 saturated carbocycles. The molecule has 1 fully saturated rings. The fourth-order valence-electron chi connectivity index (χ4n) is 3.21. The lowest BCUT2D eigenvalue weighted by Crippen LogP contribution is -2.52. The van der Waals surface area contributed by atoms with E-state index >= 15 is 0 Å². The Hall–Kier alpha value is -2.62. The largest absolute Gasteiger partial charge is 0.494 e. The molecule has 0 atom stereocenters. The summed E-state index contributed by atoms with van der Waals surface area (Å²) >= 11 is 5.99. The van der Waals surface area contributed by atoms with Gasteiger partial charge in [-0.15, -0.1) is 0 Å². The van der Waals surface area contributed by atoms with Crippen molar-refractivity contribution in [2.75, 3.05) is 39.3 Å². The SMILES string of the molecule is CCOc1ccc(S(=O)(=O)N2CCN(C(=O)CNC(=O)c3ccccc3Cl)CC2)cc1. The molecule has 1 aliphatic rings. The monoisotopic (exact) mass is 465 g/mol. The summed E-state index contributed by atoms with van der Waals surface area (Å²) in [6.45, 7) is 3.03. The Morgan fingerprint density at radius 2 is 1.68 bits per heavy atom. The quantitative estimate of drug-likeness (QED) is 0.674. The highest BCUT2D eigenvalue weighted by Crippen LogP contribution is 2.21. The number of hydrogen-bond donors (Lipinski definition) is 1. The third-order valence-corrected chi connectivity index (χ3v) is 7.12. The van der Waals surface area contributed by atoms with E-state index in [0.29, 0.717) is 22.9 Å². The van der Waals surface area contributed by atoms with E-state index in [0.717, 1.165) is 0 Å². The number of carbonyl (C=O) groups excluding carboxylic acids is 2. The lowest BCUT2D eigenvalue weighted by Gasteiger charge is -2.34. The van der Waals surface area contributed by atoms with Gasteiger partial charge in [0.1, 0.15) is 5.75 Å². The molecule has 0 radical (unpaired) electrons. The zero-order valence-corrected chi connectivity index (χ0v) is 18.7. The first-order valence-corrected chi connectivity index (χ1v) is 11.7. The van der Waals surface area contributed by atoms with Crippen LogP contribution in [0.1, 0.15) is 17.3 Å². The van der Waals surface area contributed by atoms with Crippen LogP contribution in [0.25, 0.3) is 0 Å².